The quantitative estimate of drug-likeness (QED) is 0.832. The number of hydrogen-bond donors (Lipinski definition) is 2. The lowest BCUT2D eigenvalue weighted by Gasteiger charge is -2.17. The third-order valence-electron chi connectivity index (χ3n) is 2.14. The van der Waals surface area contributed by atoms with Gasteiger partial charge in [0, 0.05) is 18.5 Å². The maximum absolute atomic E-state index is 11.6. The van der Waals surface area contributed by atoms with Gasteiger partial charge in [-0.25, -0.2) is 0 Å². The minimum atomic E-state index is -0.397. The lowest BCUT2D eigenvalue weighted by molar-refractivity contribution is -0.128. The summed E-state index contributed by atoms with van der Waals surface area (Å²) in [5.74, 6) is -0.00727. The van der Waals surface area contributed by atoms with Crippen LogP contribution in [0.15, 0.2) is 0 Å². The molecular formula is C11H15ClN4OS. The molecule has 18 heavy (non-hydrogen) atoms. The predicted molar refractivity (Wildman–Crippen MR) is 72.8 cm³/mol. The number of carbonyl (C=O) groups excluding carboxylic acids is 1. The fourth-order valence-electron chi connectivity index (χ4n) is 1.11. The molecule has 0 atom stereocenters. The van der Waals surface area contributed by atoms with Crippen LogP contribution in [0.1, 0.15) is 26.3 Å². The first-order valence-corrected chi connectivity index (χ1v) is 6.59. The summed E-state index contributed by atoms with van der Waals surface area (Å²) in [4.78, 5) is 11.6. The first kappa shape index (κ1) is 14.7. The summed E-state index contributed by atoms with van der Waals surface area (Å²) in [5, 5.41) is 15.5. The number of carbonyl (C=O) groups is 1. The molecule has 0 aliphatic rings. The average molecular weight is 287 g/mol. The number of rotatable bonds is 4. The Morgan fingerprint density at radius 2 is 2.17 bits per heavy atom. The molecule has 98 valence electrons. The van der Waals surface area contributed by atoms with Gasteiger partial charge in [-0.2, -0.15) is 9.64 Å². The molecule has 0 fully saturated rings. The van der Waals surface area contributed by atoms with Crippen LogP contribution in [0, 0.1) is 16.7 Å². The van der Waals surface area contributed by atoms with E-state index < -0.39 is 5.41 Å². The van der Waals surface area contributed by atoms with Crippen LogP contribution in [0.4, 0.5) is 5.00 Å². The first-order chi connectivity index (χ1) is 8.36. The van der Waals surface area contributed by atoms with Crippen LogP contribution >= 0.6 is 23.1 Å². The van der Waals surface area contributed by atoms with Crippen molar-refractivity contribution < 1.29 is 4.79 Å². The SMILES string of the molecule is CC(C)(C)C(=O)NCCNc1snc(Cl)c1C#N. The summed E-state index contributed by atoms with van der Waals surface area (Å²) >= 11 is 6.87. The minimum Gasteiger partial charge on any atom is -0.373 e. The van der Waals surface area contributed by atoms with Gasteiger partial charge in [0.15, 0.2) is 5.15 Å². The van der Waals surface area contributed by atoms with E-state index >= 15 is 0 Å². The van der Waals surface area contributed by atoms with Crippen LogP contribution in [0.5, 0.6) is 0 Å². The van der Waals surface area contributed by atoms with Gasteiger partial charge in [0.05, 0.1) is 0 Å². The molecule has 1 aromatic heterocycles. The number of aromatic nitrogens is 1. The number of hydrogen-bond acceptors (Lipinski definition) is 5. The second-order valence-electron chi connectivity index (χ2n) is 4.72. The number of halogens is 1. The molecule has 0 saturated heterocycles. The molecule has 0 unspecified atom stereocenters. The van der Waals surface area contributed by atoms with E-state index in [1.165, 1.54) is 0 Å². The van der Waals surface area contributed by atoms with Gasteiger partial charge < -0.3 is 10.6 Å². The summed E-state index contributed by atoms with van der Waals surface area (Å²) in [6, 6.07) is 1.98. The average Bonchev–Trinajstić information content (AvgIpc) is 2.63. The lowest BCUT2D eigenvalue weighted by atomic mass is 9.96. The Morgan fingerprint density at radius 3 is 2.72 bits per heavy atom. The van der Waals surface area contributed by atoms with E-state index in [9.17, 15) is 4.79 Å². The number of nitrogens with one attached hydrogen (secondary N) is 2. The highest BCUT2D eigenvalue weighted by molar-refractivity contribution is 7.10. The normalized spacial score (nSPS) is 10.8. The van der Waals surface area contributed by atoms with E-state index in [1.807, 2.05) is 26.8 Å². The Hall–Kier alpha value is -1.32. The van der Waals surface area contributed by atoms with Crippen molar-refractivity contribution in [2.24, 2.45) is 5.41 Å². The van der Waals surface area contributed by atoms with Crippen molar-refractivity contribution in [3.8, 4) is 6.07 Å². The van der Waals surface area contributed by atoms with Crippen molar-refractivity contribution >= 4 is 34.0 Å². The van der Waals surface area contributed by atoms with Gasteiger partial charge in [-0.05, 0) is 11.5 Å². The third-order valence-corrected chi connectivity index (χ3v) is 3.32. The zero-order chi connectivity index (χ0) is 13.8. The Labute approximate surface area is 115 Å². The molecule has 1 heterocycles. The van der Waals surface area contributed by atoms with E-state index in [2.05, 4.69) is 15.0 Å². The Balaban J connectivity index is 2.39. The van der Waals surface area contributed by atoms with Crippen LogP contribution in [-0.4, -0.2) is 23.4 Å². The summed E-state index contributed by atoms with van der Waals surface area (Å²) in [5.41, 5.74) is -0.0465. The summed E-state index contributed by atoms with van der Waals surface area (Å²) in [7, 11) is 0. The molecule has 0 aromatic carbocycles. The molecule has 1 amide bonds. The summed E-state index contributed by atoms with van der Waals surface area (Å²) in [6.45, 7) is 6.57. The van der Waals surface area contributed by atoms with Gasteiger partial charge in [0.2, 0.25) is 5.91 Å². The van der Waals surface area contributed by atoms with E-state index in [4.69, 9.17) is 16.9 Å². The molecule has 7 heteroatoms. The predicted octanol–water partition coefficient (Wildman–Crippen LogP) is 2.24. The van der Waals surface area contributed by atoms with Crippen molar-refractivity contribution in [1.82, 2.24) is 9.69 Å². The molecule has 0 spiro atoms. The van der Waals surface area contributed by atoms with E-state index in [1.54, 1.807) is 0 Å². The van der Waals surface area contributed by atoms with Crippen molar-refractivity contribution in [2.45, 2.75) is 20.8 Å². The Kier molecular flexibility index (Phi) is 4.93. The third kappa shape index (κ3) is 3.86. The fraction of sp³-hybridized carbons (Fsp3) is 0.545. The molecule has 0 radical (unpaired) electrons. The molecule has 5 nitrogen and oxygen atoms in total. The topological polar surface area (TPSA) is 77.8 Å². The maximum atomic E-state index is 11.6. The summed E-state index contributed by atoms with van der Waals surface area (Å²) in [6.07, 6.45) is 0. The Morgan fingerprint density at radius 1 is 1.50 bits per heavy atom. The van der Waals surface area contributed by atoms with Crippen molar-refractivity contribution in [1.29, 1.82) is 5.26 Å². The van der Waals surface area contributed by atoms with Crippen molar-refractivity contribution in [3.05, 3.63) is 10.7 Å². The zero-order valence-electron chi connectivity index (χ0n) is 10.5. The number of amides is 1. The van der Waals surface area contributed by atoms with Crippen LogP contribution in [0.3, 0.4) is 0 Å². The van der Waals surface area contributed by atoms with Gasteiger partial charge in [-0.15, -0.1) is 0 Å². The van der Waals surface area contributed by atoms with E-state index in [0.717, 1.165) is 11.5 Å². The molecular weight excluding hydrogens is 272 g/mol. The van der Waals surface area contributed by atoms with Crippen LogP contribution < -0.4 is 10.6 Å². The minimum absolute atomic E-state index is 0.00727. The van der Waals surface area contributed by atoms with Gasteiger partial charge in [-0.3, -0.25) is 4.79 Å². The van der Waals surface area contributed by atoms with Gasteiger partial charge in [0.1, 0.15) is 16.6 Å². The lowest BCUT2D eigenvalue weighted by Crippen LogP contribution is -2.37. The summed E-state index contributed by atoms with van der Waals surface area (Å²) < 4.78 is 3.88. The molecule has 0 bridgehead atoms. The number of anilines is 1. The van der Waals surface area contributed by atoms with Gasteiger partial charge in [-0.1, -0.05) is 32.4 Å². The van der Waals surface area contributed by atoms with Crippen molar-refractivity contribution in [2.75, 3.05) is 18.4 Å². The van der Waals surface area contributed by atoms with Crippen molar-refractivity contribution in [3.63, 3.8) is 0 Å². The fourth-order valence-corrected chi connectivity index (χ4v) is 2.06. The molecule has 0 aliphatic heterocycles. The first-order valence-electron chi connectivity index (χ1n) is 5.43. The van der Waals surface area contributed by atoms with E-state index in [0.29, 0.717) is 23.7 Å². The smallest absolute Gasteiger partial charge is 0.225 e. The maximum Gasteiger partial charge on any atom is 0.225 e. The zero-order valence-corrected chi connectivity index (χ0v) is 12.1. The molecule has 2 N–H and O–H groups in total. The van der Waals surface area contributed by atoms with Crippen LogP contribution in [0.25, 0.3) is 0 Å². The molecule has 1 rings (SSSR count). The standard InChI is InChI=1S/C11H15ClN4OS/c1-11(2,3)10(17)15-5-4-14-9-7(6-13)8(12)16-18-9/h14H,4-5H2,1-3H3,(H,15,17). The largest absolute Gasteiger partial charge is 0.373 e. The van der Waals surface area contributed by atoms with Gasteiger partial charge >= 0.3 is 0 Å². The number of nitrogens with zero attached hydrogens (tertiary/aromatic N) is 2. The monoisotopic (exact) mass is 286 g/mol. The second-order valence-corrected chi connectivity index (χ2v) is 5.85. The number of nitriles is 1. The molecule has 1 aromatic rings. The second kappa shape index (κ2) is 6.03. The van der Waals surface area contributed by atoms with Crippen LogP contribution in [0.2, 0.25) is 5.15 Å². The molecule has 0 aliphatic carbocycles. The van der Waals surface area contributed by atoms with Gasteiger partial charge in [0.25, 0.3) is 0 Å². The van der Waals surface area contributed by atoms with Crippen LogP contribution in [-0.2, 0) is 4.79 Å². The molecule has 0 saturated carbocycles. The van der Waals surface area contributed by atoms with E-state index in [-0.39, 0.29) is 11.1 Å². The highest BCUT2D eigenvalue weighted by Crippen LogP contribution is 2.26. The highest BCUT2D eigenvalue weighted by Gasteiger charge is 2.20. The Bertz CT molecular complexity index is 472. The highest BCUT2D eigenvalue weighted by atomic mass is 35.5.